The lowest BCUT2D eigenvalue weighted by atomic mass is 10.0. The molecule has 6 heteroatoms. The maximum absolute atomic E-state index is 12.4. The van der Waals surface area contributed by atoms with E-state index in [0.717, 1.165) is 44.9 Å². The van der Waals surface area contributed by atoms with Crippen molar-refractivity contribution in [2.75, 3.05) is 13.2 Å². The molecule has 6 nitrogen and oxygen atoms in total. The number of nitrogens with one attached hydrogen (secondary N) is 1. The quantitative estimate of drug-likeness (QED) is 0.0321. The van der Waals surface area contributed by atoms with Gasteiger partial charge in [0.2, 0.25) is 5.91 Å². The van der Waals surface area contributed by atoms with Crippen molar-refractivity contribution >= 4 is 11.9 Å². The summed E-state index contributed by atoms with van der Waals surface area (Å²) in [4.78, 5) is 24.5. The molecule has 70 heavy (non-hydrogen) atoms. The number of hydrogen-bond acceptors (Lipinski definition) is 5. The third kappa shape index (κ3) is 55.9. The molecule has 0 rings (SSSR count). The minimum atomic E-state index is -0.659. The first-order valence-electron chi connectivity index (χ1n) is 31.9. The molecule has 0 spiro atoms. The average molecular weight is 989 g/mol. The van der Waals surface area contributed by atoms with E-state index in [1.807, 2.05) is 0 Å². The average Bonchev–Trinajstić information content (AvgIpc) is 3.36. The number of allylic oxidation sites excluding steroid dienone is 2. The van der Waals surface area contributed by atoms with Crippen LogP contribution in [0.2, 0.25) is 0 Å². The molecule has 0 saturated carbocycles. The molecule has 2 atom stereocenters. The van der Waals surface area contributed by atoms with Crippen molar-refractivity contribution in [3.05, 3.63) is 12.2 Å². The van der Waals surface area contributed by atoms with Gasteiger partial charge in [-0.3, -0.25) is 9.59 Å². The first-order valence-corrected chi connectivity index (χ1v) is 31.9. The summed E-state index contributed by atoms with van der Waals surface area (Å²) in [6.45, 7) is 4.95. The molecule has 0 aliphatic rings. The van der Waals surface area contributed by atoms with Gasteiger partial charge in [0.25, 0.3) is 0 Å². The fourth-order valence-corrected chi connectivity index (χ4v) is 10.2. The maximum atomic E-state index is 12.4. The summed E-state index contributed by atoms with van der Waals surface area (Å²) >= 11 is 0. The molecular formula is C64H125NO5. The smallest absolute Gasteiger partial charge is 0.305 e. The van der Waals surface area contributed by atoms with Crippen molar-refractivity contribution in [3.63, 3.8) is 0 Å². The number of ether oxygens (including phenoxy) is 1. The lowest BCUT2D eigenvalue weighted by molar-refractivity contribution is -0.143. The molecule has 2 unspecified atom stereocenters. The predicted octanol–water partition coefficient (Wildman–Crippen LogP) is 20.0. The van der Waals surface area contributed by atoms with Crippen molar-refractivity contribution in [1.82, 2.24) is 5.32 Å². The summed E-state index contributed by atoms with van der Waals surface area (Å²) in [7, 11) is 0. The van der Waals surface area contributed by atoms with Crippen LogP contribution < -0.4 is 5.32 Å². The molecule has 0 aromatic carbocycles. The van der Waals surface area contributed by atoms with Gasteiger partial charge >= 0.3 is 5.97 Å². The van der Waals surface area contributed by atoms with E-state index < -0.39 is 12.1 Å². The second-order valence-electron chi connectivity index (χ2n) is 22.1. The Hall–Kier alpha value is -1.40. The van der Waals surface area contributed by atoms with Gasteiger partial charge in [-0.25, -0.2) is 0 Å². The Labute approximate surface area is 438 Å². The van der Waals surface area contributed by atoms with Crippen LogP contribution >= 0.6 is 0 Å². The second kappa shape index (κ2) is 60.2. The van der Waals surface area contributed by atoms with Crippen LogP contribution in [-0.2, 0) is 14.3 Å². The van der Waals surface area contributed by atoms with Gasteiger partial charge in [-0.15, -0.1) is 0 Å². The van der Waals surface area contributed by atoms with Gasteiger partial charge in [0.15, 0.2) is 0 Å². The summed E-state index contributed by atoms with van der Waals surface area (Å²) < 4.78 is 5.48. The number of carbonyl (C=O) groups excluding carboxylic acids is 2. The van der Waals surface area contributed by atoms with Crippen LogP contribution in [-0.4, -0.2) is 47.4 Å². The fraction of sp³-hybridized carbons (Fsp3) is 0.938. The van der Waals surface area contributed by atoms with Crippen LogP contribution in [0.5, 0.6) is 0 Å². The van der Waals surface area contributed by atoms with Crippen molar-refractivity contribution in [2.45, 2.75) is 373 Å². The minimum absolute atomic E-state index is 0.0114. The van der Waals surface area contributed by atoms with E-state index in [9.17, 15) is 19.8 Å². The first kappa shape index (κ1) is 68.6. The first-order chi connectivity index (χ1) is 34.5. The van der Waals surface area contributed by atoms with Gasteiger partial charge in [-0.1, -0.05) is 309 Å². The highest BCUT2D eigenvalue weighted by molar-refractivity contribution is 5.76. The number of aliphatic hydroxyl groups is 2. The summed E-state index contributed by atoms with van der Waals surface area (Å²) in [5.41, 5.74) is 0. The van der Waals surface area contributed by atoms with Crippen LogP contribution in [0.1, 0.15) is 361 Å². The maximum Gasteiger partial charge on any atom is 0.305 e. The molecule has 0 aromatic heterocycles. The highest BCUT2D eigenvalue weighted by atomic mass is 16.5. The zero-order valence-corrected chi connectivity index (χ0v) is 47.5. The van der Waals surface area contributed by atoms with E-state index in [-0.39, 0.29) is 18.5 Å². The third-order valence-corrected chi connectivity index (χ3v) is 15.1. The van der Waals surface area contributed by atoms with Gasteiger partial charge in [0.05, 0.1) is 25.4 Å². The largest absolute Gasteiger partial charge is 0.466 e. The van der Waals surface area contributed by atoms with E-state index in [1.165, 1.54) is 283 Å². The zero-order valence-electron chi connectivity index (χ0n) is 47.5. The van der Waals surface area contributed by atoms with Gasteiger partial charge in [-0.2, -0.15) is 0 Å². The SMILES string of the molecule is CCCCCCC/C=C\CCCCCCCC(=O)OCCCCCCCCCCCCCCCCCCCCCCCCCCCCCCCC(=O)NC(CO)C(O)CCCCCCCCCCCC. The molecule has 0 aromatic rings. The number of hydrogen-bond donors (Lipinski definition) is 3. The third-order valence-electron chi connectivity index (χ3n) is 15.1. The standard InChI is InChI=1S/C64H125NO5/c1-3-5-7-9-11-13-15-16-35-38-42-46-50-54-58-64(69)70-59-55-51-47-43-39-36-33-31-29-27-25-23-21-19-17-18-20-22-24-26-28-30-32-34-37-41-45-49-53-57-63(68)65-61(60-66)62(67)56-52-48-44-40-14-12-10-8-6-4-2/h15-16,61-62,66-67H,3-14,17-60H2,1-2H3,(H,65,68)/b16-15-. The highest BCUT2D eigenvalue weighted by Crippen LogP contribution is 2.18. The van der Waals surface area contributed by atoms with Gasteiger partial charge in [0.1, 0.15) is 0 Å². The predicted molar refractivity (Wildman–Crippen MR) is 306 cm³/mol. The fourth-order valence-electron chi connectivity index (χ4n) is 10.2. The monoisotopic (exact) mass is 988 g/mol. The van der Waals surface area contributed by atoms with Crippen LogP contribution in [0.25, 0.3) is 0 Å². The van der Waals surface area contributed by atoms with Crippen LogP contribution in [0.15, 0.2) is 12.2 Å². The summed E-state index contributed by atoms with van der Waals surface area (Å²) in [5, 5.41) is 23.2. The van der Waals surface area contributed by atoms with Gasteiger partial charge in [-0.05, 0) is 51.4 Å². The normalized spacial score (nSPS) is 12.6. The van der Waals surface area contributed by atoms with Crippen molar-refractivity contribution in [1.29, 1.82) is 0 Å². The number of carbonyl (C=O) groups is 2. The van der Waals surface area contributed by atoms with E-state index in [2.05, 4.69) is 31.3 Å². The molecule has 0 saturated heterocycles. The van der Waals surface area contributed by atoms with Gasteiger partial charge < -0.3 is 20.3 Å². The number of aliphatic hydroxyl groups excluding tert-OH is 2. The Morgan fingerprint density at radius 2 is 0.671 bits per heavy atom. The number of esters is 1. The number of rotatable bonds is 60. The minimum Gasteiger partial charge on any atom is -0.466 e. The van der Waals surface area contributed by atoms with E-state index >= 15 is 0 Å². The number of amides is 1. The molecule has 0 aliphatic carbocycles. The van der Waals surface area contributed by atoms with Gasteiger partial charge in [0, 0.05) is 12.8 Å². The zero-order chi connectivity index (χ0) is 50.7. The highest BCUT2D eigenvalue weighted by Gasteiger charge is 2.20. The van der Waals surface area contributed by atoms with Crippen molar-refractivity contribution in [2.24, 2.45) is 0 Å². The molecule has 0 bridgehead atoms. The lowest BCUT2D eigenvalue weighted by Crippen LogP contribution is -2.45. The second-order valence-corrected chi connectivity index (χ2v) is 22.1. The van der Waals surface area contributed by atoms with E-state index in [0.29, 0.717) is 25.9 Å². The molecule has 416 valence electrons. The molecule has 0 aliphatic heterocycles. The Bertz CT molecular complexity index is 1050. The van der Waals surface area contributed by atoms with E-state index in [1.54, 1.807) is 0 Å². The molecular weight excluding hydrogens is 863 g/mol. The molecule has 1 amide bonds. The molecule has 0 radical (unpaired) electrons. The van der Waals surface area contributed by atoms with Crippen molar-refractivity contribution < 1.29 is 24.5 Å². The Morgan fingerprint density at radius 1 is 0.386 bits per heavy atom. The van der Waals surface area contributed by atoms with Crippen LogP contribution in [0.3, 0.4) is 0 Å². The van der Waals surface area contributed by atoms with Crippen LogP contribution in [0, 0.1) is 0 Å². The summed E-state index contributed by atoms with van der Waals surface area (Å²) in [6, 6.07) is -0.536. The van der Waals surface area contributed by atoms with Crippen LogP contribution in [0.4, 0.5) is 0 Å². The molecule has 0 heterocycles. The van der Waals surface area contributed by atoms with Crippen molar-refractivity contribution in [3.8, 4) is 0 Å². The molecule has 3 N–H and O–H groups in total. The Kier molecular flexibility index (Phi) is 59.0. The van der Waals surface area contributed by atoms with E-state index in [4.69, 9.17) is 4.74 Å². The lowest BCUT2D eigenvalue weighted by Gasteiger charge is -2.22. The Morgan fingerprint density at radius 3 is 1.01 bits per heavy atom. The molecule has 0 fully saturated rings. The summed E-state index contributed by atoms with van der Waals surface area (Å²) in [5.74, 6) is -0.0201. The Balaban J connectivity index is 3.30. The summed E-state index contributed by atoms with van der Waals surface area (Å²) in [6.07, 6.45) is 72.5. The number of unbranched alkanes of at least 4 members (excludes halogenated alkanes) is 47. The topological polar surface area (TPSA) is 95.9 Å².